The van der Waals surface area contributed by atoms with Crippen molar-refractivity contribution in [2.45, 2.75) is 20.4 Å². The van der Waals surface area contributed by atoms with Crippen LogP contribution in [0.5, 0.6) is 0 Å². The predicted molar refractivity (Wildman–Crippen MR) is 69.1 cm³/mol. The van der Waals surface area contributed by atoms with Gasteiger partial charge in [-0.25, -0.2) is 0 Å². The average Bonchev–Trinajstić information content (AvgIpc) is 2.60. The topological polar surface area (TPSA) is 54.7 Å². The van der Waals surface area contributed by atoms with Gasteiger partial charge in [-0.2, -0.15) is 5.10 Å². The van der Waals surface area contributed by atoms with Crippen molar-refractivity contribution in [1.29, 1.82) is 0 Å². The molecule has 0 unspecified atom stereocenters. The summed E-state index contributed by atoms with van der Waals surface area (Å²) >= 11 is 3.53. The molecule has 0 bridgehead atoms. The van der Waals surface area contributed by atoms with Gasteiger partial charge in [-0.1, -0.05) is 23.8 Å². The zero-order valence-corrected chi connectivity index (χ0v) is 10.9. The molecule has 3 nitrogen and oxygen atoms in total. The monoisotopic (exact) mass is 279 g/mol. The average molecular weight is 280 g/mol. The Labute approximate surface area is 103 Å². The summed E-state index contributed by atoms with van der Waals surface area (Å²) < 4.78 is 0.960. The molecule has 16 heavy (non-hydrogen) atoms. The highest BCUT2D eigenvalue weighted by Crippen LogP contribution is 2.31. The third-order valence-corrected chi connectivity index (χ3v) is 3.47. The van der Waals surface area contributed by atoms with Crippen molar-refractivity contribution < 1.29 is 0 Å². The summed E-state index contributed by atoms with van der Waals surface area (Å²) in [4.78, 5) is 0. The molecule has 0 radical (unpaired) electrons. The van der Waals surface area contributed by atoms with Crippen molar-refractivity contribution in [2.75, 3.05) is 0 Å². The van der Waals surface area contributed by atoms with E-state index in [0.29, 0.717) is 6.54 Å². The first-order valence-corrected chi connectivity index (χ1v) is 5.93. The molecule has 2 rings (SSSR count). The number of hydrogen-bond acceptors (Lipinski definition) is 2. The van der Waals surface area contributed by atoms with E-state index in [0.717, 1.165) is 21.4 Å². The first-order chi connectivity index (χ1) is 7.63. The molecule has 1 aromatic carbocycles. The van der Waals surface area contributed by atoms with E-state index in [1.54, 1.807) is 0 Å². The summed E-state index contributed by atoms with van der Waals surface area (Å²) in [5.41, 5.74) is 11.1. The van der Waals surface area contributed by atoms with Gasteiger partial charge in [0.1, 0.15) is 5.69 Å². The van der Waals surface area contributed by atoms with Crippen molar-refractivity contribution in [3.8, 4) is 11.3 Å². The molecular weight excluding hydrogens is 266 g/mol. The molecule has 84 valence electrons. The number of benzene rings is 1. The van der Waals surface area contributed by atoms with Crippen LogP contribution < -0.4 is 5.73 Å². The van der Waals surface area contributed by atoms with Gasteiger partial charge in [-0.15, -0.1) is 0 Å². The Kier molecular flexibility index (Phi) is 3.12. The lowest BCUT2D eigenvalue weighted by Gasteiger charge is -2.04. The molecule has 0 spiro atoms. The van der Waals surface area contributed by atoms with Crippen LogP contribution in [-0.2, 0) is 6.54 Å². The lowest BCUT2D eigenvalue weighted by Crippen LogP contribution is -1.96. The van der Waals surface area contributed by atoms with Crippen molar-refractivity contribution in [2.24, 2.45) is 5.73 Å². The number of halogens is 1. The summed E-state index contributed by atoms with van der Waals surface area (Å²) in [5, 5.41) is 7.24. The minimum absolute atomic E-state index is 0.457. The number of rotatable bonds is 2. The van der Waals surface area contributed by atoms with E-state index in [1.807, 2.05) is 0 Å². The first-order valence-electron chi connectivity index (χ1n) is 5.14. The highest BCUT2D eigenvalue weighted by Gasteiger charge is 2.12. The molecule has 3 N–H and O–H groups in total. The Bertz CT molecular complexity index is 517. The van der Waals surface area contributed by atoms with Crippen LogP contribution >= 0.6 is 15.9 Å². The third-order valence-electron chi connectivity index (χ3n) is 2.62. The van der Waals surface area contributed by atoms with Gasteiger partial charge in [0.25, 0.3) is 0 Å². The maximum Gasteiger partial charge on any atom is 0.107 e. The van der Waals surface area contributed by atoms with Gasteiger partial charge < -0.3 is 5.73 Å². The molecule has 0 aliphatic rings. The predicted octanol–water partition coefficient (Wildman–Crippen LogP) is 2.91. The lowest BCUT2D eigenvalue weighted by atomic mass is 10.0. The number of aryl methyl sites for hydroxylation is 2. The molecule has 1 heterocycles. The quantitative estimate of drug-likeness (QED) is 0.888. The van der Waals surface area contributed by atoms with Gasteiger partial charge in [0.15, 0.2) is 0 Å². The van der Waals surface area contributed by atoms with Gasteiger partial charge in [0.05, 0.1) is 10.2 Å². The molecule has 4 heteroatoms. The number of nitrogens with zero attached hydrogens (tertiary/aromatic N) is 1. The molecule has 0 fully saturated rings. The van der Waals surface area contributed by atoms with Gasteiger partial charge in [0.2, 0.25) is 0 Å². The van der Waals surface area contributed by atoms with Crippen molar-refractivity contribution in [1.82, 2.24) is 10.2 Å². The summed E-state index contributed by atoms with van der Waals surface area (Å²) in [6.45, 7) is 4.63. The van der Waals surface area contributed by atoms with Gasteiger partial charge in [-0.05, 0) is 35.3 Å². The van der Waals surface area contributed by atoms with E-state index in [1.165, 1.54) is 11.1 Å². The minimum Gasteiger partial charge on any atom is -0.325 e. The Morgan fingerprint density at radius 1 is 1.38 bits per heavy atom. The second-order valence-electron chi connectivity index (χ2n) is 3.89. The van der Waals surface area contributed by atoms with Crippen molar-refractivity contribution in [3.05, 3.63) is 39.5 Å². The van der Waals surface area contributed by atoms with Crippen molar-refractivity contribution >= 4 is 15.9 Å². The highest BCUT2D eigenvalue weighted by molar-refractivity contribution is 9.10. The first kappa shape index (κ1) is 11.4. The SMILES string of the molecule is Cc1ccc(-c2n[nH]c(CN)c2Br)c(C)c1. The number of nitrogens with one attached hydrogen (secondary N) is 1. The fraction of sp³-hybridized carbons (Fsp3) is 0.250. The van der Waals surface area contributed by atoms with Crippen LogP contribution in [0.2, 0.25) is 0 Å². The second-order valence-corrected chi connectivity index (χ2v) is 4.68. The van der Waals surface area contributed by atoms with Gasteiger partial charge >= 0.3 is 0 Å². The van der Waals surface area contributed by atoms with Crippen LogP contribution in [0.4, 0.5) is 0 Å². The van der Waals surface area contributed by atoms with E-state index in [-0.39, 0.29) is 0 Å². The van der Waals surface area contributed by atoms with E-state index in [9.17, 15) is 0 Å². The maximum atomic E-state index is 5.60. The summed E-state index contributed by atoms with van der Waals surface area (Å²) in [5.74, 6) is 0. The van der Waals surface area contributed by atoms with Crippen LogP contribution in [0.25, 0.3) is 11.3 Å². The van der Waals surface area contributed by atoms with Crippen molar-refractivity contribution in [3.63, 3.8) is 0 Å². The van der Waals surface area contributed by atoms with Gasteiger partial charge in [-0.3, -0.25) is 5.10 Å². The smallest absolute Gasteiger partial charge is 0.107 e. The van der Waals surface area contributed by atoms with Crippen LogP contribution in [0.15, 0.2) is 22.7 Å². The largest absolute Gasteiger partial charge is 0.325 e. The van der Waals surface area contributed by atoms with Crippen LogP contribution in [0, 0.1) is 13.8 Å². The number of aromatic amines is 1. The fourth-order valence-electron chi connectivity index (χ4n) is 1.76. The van der Waals surface area contributed by atoms with E-state index in [2.05, 4.69) is 58.2 Å². The summed E-state index contributed by atoms with van der Waals surface area (Å²) in [7, 11) is 0. The van der Waals surface area contributed by atoms with Crippen LogP contribution in [0.3, 0.4) is 0 Å². The molecule has 0 amide bonds. The highest BCUT2D eigenvalue weighted by atomic mass is 79.9. The van der Waals surface area contributed by atoms with Gasteiger partial charge in [0, 0.05) is 12.1 Å². The number of H-pyrrole nitrogens is 1. The minimum atomic E-state index is 0.457. The Hall–Kier alpha value is -1.13. The van der Waals surface area contributed by atoms with Crippen LogP contribution in [-0.4, -0.2) is 10.2 Å². The molecule has 2 aromatic rings. The molecule has 0 atom stereocenters. The molecule has 0 aliphatic carbocycles. The molecule has 0 aliphatic heterocycles. The third kappa shape index (κ3) is 1.90. The number of nitrogens with two attached hydrogens (primary N) is 1. The summed E-state index contributed by atoms with van der Waals surface area (Å²) in [6, 6.07) is 6.33. The molecule has 0 saturated heterocycles. The Balaban J connectivity index is 2.54. The Morgan fingerprint density at radius 3 is 2.69 bits per heavy atom. The summed E-state index contributed by atoms with van der Waals surface area (Å²) in [6.07, 6.45) is 0. The molecule has 1 aromatic heterocycles. The number of aromatic nitrogens is 2. The van der Waals surface area contributed by atoms with E-state index < -0.39 is 0 Å². The molecular formula is C12H14BrN3. The maximum absolute atomic E-state index is 5.60. The standard InChI is InChI=1S/C12H14BrN3/c1-7-3-4-9(8(2)5-7)12-11(13)10(6-14)15-16-12/h3-5H,6,14H2,1-2H3,(H,15,16). The zero-order valence-electron chi connectivity index (χ0n) is 9.34. The van der Waals surface area contributed by atoms with E-state index in [4.69, 9.17) is 5.73 Å². The lowest BCUT2D eigenvalue weighted by molar-refractivity contribution is 0.945. The number of hydrogen-bond donors (Lipinski definition) is 2. The second kappa shape index (κ2) is 4.39. The fourth-order valence-corrected chi connectivity index (χ4v) is 2.31. The van der Waals surface area contributed by atoms with E-state index >= 15 is 0 Å². The normalized spacial score (nSPS) is 10.8. The Morgan fingerprint density at radius 2 is 2.12 bits per heavy atom. The zero-order chi connectivity index (χ0) is 11.7. The van der Waals surface area contributed by atoms with Crippen LogP contribution in [0.1, 0.15) is 16.8 Å². The molecule has 0 saturated carbocycles.